The molecule has 0 saturated carbocycles. The molecule has 0 bridgehead atoms. The number of piperidine rings is 1. The van der Waals surface area contributed by atoms with E-state index in [-0.39, 0.29) is 8.68 Å². The highest BCUT2D eigenvalue weighted by Crippen LogP contribution is 2.39. The number of thiazole rings is 1. The molecular formula is C12H19ClN2O2S2. The molecule has 0 spiro atoms. The Hall–Kier alpha value is -0.170. The van der Waals surface area contributed by atoms with Crippen LogP contribution in [-0.2, 0) is 10.0 Å². The molecule has 0 aliphatic carbocycles. The van der Waals surface area contributed by atoms with E-state index in [1.54, 1.807) is 4.31 Å². The topological polar surface area (TPSA) is 50.3 Å². The van der Waals surface area contributed by atoms with Crippen LogP contribution in [0.3, 0.4) is 0 Å². The minimum atomic E-state index is -3.40. The van der Waals surface area contributed by atoms with Gasteiger partial charge in [-0.3, -0.25) is 0 Å². The van der Waals surface area contributed by atoms with Gasteiger partial charge in [-0.2, -0.15) is 4.31 Å². The summed E-state index contributed by atoms with van der Waals surface area (Å²) in [5, 5.41) is 0. The van der Waals surface area contributed by atoms with Crippen LogP contribution in [0.2, 0.25) is 4.47 Å². The van der Waals surface area contributed by atoms with E-state index in [1.165, 1.54) is 6.20 Å². The highest BCUT2D eigenvalue weighted by molar-refractivity contribution is 7.91. The molecule has 4 nitrogen and oxygen atoms in total. The average molecular weight is 323 g/mol. The second-order valence-corrected chi connectivity index (χ2v) is 8.82. The first-order valence-corrected chi connectivity index (χ1v) is 9.18. The zero-order valence-electron chi connectivity index (χ0n) is 11.2. The molecule has 1 aromatic heterocycles. The molecule has 1 fully saturated rings. The maximum Gasteiger partial charge on any atom is 0.254 e. The van der Waals surface area contributed by atoms with E-state index >= 15 is 0 Å². The van der Waals surface area contributed by atoms with Crippen LogP contribution in [0.15, 0.2) is 10.4 Å². The average Bonchev–Trinajstić information content (AvgIpc) is 2.86. The molecule has 0 N–H and O–H groups in total. The van der Waals surface area contributed by atoms with Crippen molar-refractivity contribution in [1.29, 1.82) is 0 Å². The van der Waals surface area contributed by atoms with Gasteiger partial charge in [0.05, 0.1) is 6.20 Å². The van der Waals surface area contributed by atoms with Crippen molar-refractivity contribution in [1.82, 2.24) is 9.29 Å². The zero-order valence-corrected chi connectivity index (χ0v) is 13.6. The Morgan fingerprint density at radius 2 is 1.95 bits per heavy atom. The van der Waals surface area contributed by atoms with Crippen molar-refractivity contribution in [2.24, 2.45) is 5.41 Å². The largest absolute Gasteiger partial charge is 0.254 e. The molecule has 0 aromatic carbocycles. The van der Waals surface area contributed by atoms with E-state index in [2.05, 4.69) is 18.8 Å². The molecule has 0 radical (unpaired) electrons. The highest BCUT2D eigenvalue weighted by atomic mass is 35.5. The maximum absolute atomic E-state index is 12.4. The van der Waals surface area contributed by atoms with Crippen molar-refractivity contribution in [3.8, 4) is 0 Å². The van der Waals surface area contributed by atoms with E-state index in [9.17, 15) is 8.42 Å². The first-order valence-electron chi connectivity index (χ1n) is 6.55. The molecule has 1 aliphatic heterocycles. The second kappa shape index (κ2) is 5.68. The summed E-state index contributed by atoms with van der Waals surface area (Å²) < 4.78 is 26.9. The van der Waals surface area contributed by atoms with Crippen LogP contribution in [0, 0.1) is 5.41 Å². The van der Waals surface area contributed by atoms with E-state index in [0.29, 0.717) is 18.5 Å². The van der Waals surface area contributed by atoms with Crippen molar-refractivity contribution in [2.45, 2.75) is 43.7 Å². The third-order valence-electron chi connectivity index (χ3n) is 4.33. The Labute approximate surface area is 123 Å². The first-order chi connectivity index (χ1) is 8.93. The van der Waals surface area contributed by atoms with Crippen molar-refractivity contribution >= 4 is 33.0 Å². The summed E-state index contributed by atoms with van der Waals surface area (Å²) in [4.78, 5) is 3.82. The van der Waals surface area contributed by atoms with Gasteiger partial charge in [0, 0.05) is 13.1 Å². The van der Waals surface area contributed by atoms with Crippen LogP contribution in [0.4, 0.5) is 0 Å². The van der Waals surface area contributed by atoms with Gasteiger partial charge < -0.3 is 0 Å². The molecule has 1 aromatic rings. The first kappa shape index (κ1) is 15.2. The lowest BCUT2D eigenvalue weighted by atomic mass is 9.75. The Balaban J connectivity index is 2.13. The molecule has 7 heteroatoms. The number of sulfonamides is 1. The quantitative estimate of drug-likeness (QED) is 0.853. The Kier molecular flexibility index (Phi) is 4.55. The summed E-state index contributed by atoms with van der Waals surface area (Å²) in [6.45, 7) is 5.58. The van der Waals surface area contributed by atoms with E-state index in [4.69, 9.17) is 11.6 Å². The van der Waals surface area contributed by atoms with Gasteiger partial charge >= 0.3 is 0 Å². The molecule has 2 rings (SSSR count). The predicted molar refractivity (Wildman–Crippen MR) is 78.1 cm³/mol. The summed E-state index contributed by atoms with van der Waals surface area (Å²) in [6.07, 6.45) is 5.45. The number of aromatic nitrogens is 1. The predicted octanol–water partition coefficient (Wildman–Crippen LogP) is 3.39. The summed E-state index contributed by atoms with van der Waals surface area (Å²) in [7, 11) is -3.40. The van der Waals surface area contributed by atoms with Crippen LogP contribution in [0.25, 0.3) is 0 Å². The van der Waals surface area contributed by atoms with Crippen molar-refractivity contribution in [2.75, 3.05) is 13.1 Å². The third kappa shape index (κ3) is 2.96. The summed E-state index contributed by atoms with van der Waals surface area (Å²) in [5.41, 5.74) is 0.317. The van der Waals surface area contributed by atoms with Gasteiger partial charge in [-0.25, -0.2) is 13.4 Å². The normalized spacial score (nSPS) is 20.6. The monoisotopic (exact) mass is 322 g/mol. The molecule has 2 heterocycles. The maximum atomic E-state index is 12.4. The van der Waals surface area contributed by atoms with Crippen LogP contribution >= 0.6 is 22.9 Å². The Bertz CT molecular complexity index is 528. The summed E-state index contributed by atoms with van der Waals surface area (Å²) >= 11 is 6.74. The van der Waals surface area contributed by atoms with Crippen LogP contribution < -0.4 is 0 Å². The molecular weight excluding hydrogens is 304 g/mol. The van der Waals surface area contributed by atoms with Gasteiger partial charge in [-0.15, -0.1) is 0 Å². The number of halogens is 1. The Morgan fingerprint density at radius 3 is 2.37 bits per heavy atom. The minimum Gasteiger partial charge on any atom is -0.232 e. The van der Waals surface area contributed by atoms with Gasteiger partial charge in [0.2, 0.25) is 0 Å². The van der Waals surface area contributed by atoms with Gasteiger partial charge in [0.25, 0.3) is 10.0 Å². The fourth-order valence-electron chi connectivity index (χ4n) is 2.64. The van der Waals surface area contributed by atoms with Gasteiger partial charge in [0.1, 0.15) is 0 Å². The lowest BCUT2D eigenvalue weighted by molar-refractivity contribution is 0.142. The van der Waals surface area contributed by atoms with Gasteiger partial charge in [0.15, 0.2) is 8.68 Å². The van der Waals surface area contributed by atoms with E-state index in [0.717, 1.165) is 37.0 Å². The highest BCUT2D eigenvalue weighted by Gasteiger charge is 2.36. The molecule has 1 saturated heterocycles. The van der Waals surface area contributed by atoms with Gasteiger partial charge in [-0.05, 0) is 18.3 Å². The van der Waals surface area contributed by atoms with E-state index in [1.807, 2.05) is 0 Å². The third-order valence-corrected chi connectivity index (χ3v) is 7.78. The van der Waals surface area contributed by atoms with Crippen molar-refractivity contribution in [3.05, 3.63) is 10.7 Å². The molecule has 1 aliphatic rings. The van der Waals surface area contributed by atoms with Gasteiger partial charge in [-0.1, -0.05) is 49.6 Å². The fourth-order valence-corrected chi connectivity index (χ4v) is 5.53. The minimum absolute atomic E-state index is 0.248. The smallest absolute Gasteiger partial charge is 0.232 e. The number of rotatable bonds is 4. The number of hydrogen-bond acceptors (Lipinski definition) is 4. The van der Waals surface area contributed by atoms with Crippen LogP contribution in [-0.4, -0.2) is 30.8 Å². The molecule has 108 valence electrons. The fraction of sp³-hybridized carbons (Fsp3) is 0.750. The Morgan fingerprint density at radius 1 is 1.37 bits per heavy atom. The summed E-state index contributed by atoms with van der Waals surface area (Å²) in [5.74, 6) is 0. The molecule has 0 unspecified atom stereocenters. The lowest BCUT2D eigenvalue weighted by Crippen LogP contribution is -2.42. The SMILES string of the molecule is CCC1(CC)CCN(S(=O)(=O)c2cnc(Cl)s2)CC1. The van der Waals surface area contributed by atoms with Crippen LogP contribution in [0.1, 0.15) is 39.5 Å². The second-order valence-electron chi connectivity index (χ2n) is 5.04. The molecule has 0 amide bonds. The molecule has 0 atom stereocenters. The van der Waals surface area contributed by atoms with E-state index < -0.39 is 10.0 Å². The zero-order chi connectivity index (χ0) is 14.1. The van der Waals surface area contributed by atoms with Crippen molar-refractivity contribution < 1.29 is 8.42 Å². The van der Waals surface area contributed by atoms with Crippen molar-refractivity contribution in [3.63, 3.8) is 0 Å². The lowest BCUT2D eigenvalue weighted by Gasteiger charge is -2.40. The summed E-state index contributed by atoms with van der Waals surface area (Å²) in [6, 6.07) is 0. The molecule has 19 heavy (non-hydrogen) atoms. The number of nitrogens with zero attached hydrogens (tertiary/aromatic N) is 2. The number of hydrogen-bond donors (Lipinski definition) is 0. The van der Waals surface area contributed by atoms with Crippen LogP contribution in [0.5, 0.6) is 0 Å². The standard InChI is InChI=1S/C12H19ClN2O2S2/c1-3-12(4-2)5-7-15(8-6-12)19(16,17)10-9-14-11(13)18-10/h9H,3-8H2,1-2H3.